The number of alkyl halides is 3. The molecule has 0 aliphatic heterocycles. The molecular weight excluding hydrogens is 323 g/mol. The molecule has 1 aromatic carbocycles. The first-order valence-electron chi connectivity index (χ1n) is 6.05. The first kappa shape index (κ1) is 16.5. The van der Waals surface area contributed by atoms with Gasteiger partial charge in [-0.1, -0.05) is 35.0 Å². The predicted octanol–water partition coefficient (Wildman–Crippen LogP) is 4.07. The Labute approximate surface area is 119 Å². The largest absolute Gasteiger partial charge is 0.411 e. The van der Waals surface area contributed by atoms with Crippen LogP contribution in [0.15, 0.2) is 28.7 Å². The van der Waals surface area contributed by atoms with Crippen LogP contribution in [0, 0.1) is 0 Å². The summed E-state index contributed by atoms with van der Waals surface area (Å²) in [4.78, 5) is 0. The van der Waals surface area contributed by atoms with Crippen molar-refractivity contribution in [1.82, 2.24) is 5.32 Å². The third kappa shape index (κ3) is 6.94. The summed E-state index contributed by atoms with van der Waals surface area (Å²) in [6.07, 6.45) is -3.37. The normalized spacial score (nSPS) is 13.5. The van der Waals surface area contributed by atoms with Crippen molar-refractivity contribution in [3.05, 3.63) is 34.3 Å². The number of rotatable bonds is 7. The molecule has 0 bridgehead atoms. The monoisotopic (exact) mass is 339 g/mol. The molecule has 108 valence electrons. The van der Waals surface area contributed by atoms with E-state index in [9.17, 15) is 13.2 Å². The van der Waals surface area contributed by atoms with E-state index in [2.05, 4.69) is 21.2 Å². The number of benzene rings is 1. The van der Waals surface area contributed by atoms with Gasteiger partial charge in [0.15, 0.2) is 0 Å². The topological polar surface area (TPSA) is 21.3 Å². The zero-order valence-electron chi connectivity index (χ0n) is 10.6. The fraction of sp³-hybridized carbons (Fsp3) is 0.538. The Hall–Kier alpha value is -0.590. The van der Waals surface area contributed by atoms with Crippen LogP contribution in [-0.4, -0.2) is 25.9 Å². The minimum Gasteiger partial charge on any atom is -0.370 e. The molecule has 0 aliphatic rings. The maximum absolute atomic E-state index is 12.1. The predicted molar refractivity (Wildman–Crippen MR) is 72.1 cm³/mol. The summed E-state index contributed by atoms with van der Waals surface area (Å²) in [6, 6.07) is 7.23. The van der Waals surface area contributed by atoms with Gasteiger partial charge in [-0.3, -0.25) is 0 Å². The number of ether oxygens (including phenoxy) is 1. The van der Waals surface area contributed by atoms with Crippen molar-refractivity contribution in [2.75, 3.05) is 19.8 Å². The van der Waals surface area contributed by atoms with Gasteiger partial charge in [-0.2, -0.15) is 13.2 Å². The molecule has 0 heterocycles. The molecule has 2 nitrogen and oxygen atoms in total. The van der Waals surface area contributed by atoms with E-state index in [0.29, 0.717) is 0 Å². The molecule has 1 rings (SSSR count). The molecule has 0 fully saturated rings. The van der Waals surface area contributed by atoms with E-state index in [1.807, 2.05) is 31.2 Å². The maximum Gasteiger partial charge on any atom is 0.411 e. The Kier molecular flexibility index (Phi) is 6.82. The third-order valence-electron chi connectivity index (χ3n) is 2.46. The van der Waals surface area contributed by atoms with Crippen LogP contribution >= 0.6 is 15.9 Å². The van der Waals surface area contributed by atoms with E-state index in [4.69, 9.17) is 4.74 Å². The van der Waals surface area contributed by atoms with Crippen LogP contribution in [0.3, 0.4) is 0 Å². The number of nitrogens with one attached hydrogen (secondary N) is 1. The summed E-state index contributed by atoms with van der Waals surface area (Å²) >= 11 is 3.33. The first-order valence-corrected chi connectivity index (χ1v) is 6.85. The molecule has 19 heavy (non-hydrogen) atoms. The van der Waals surface area contributed by atoms with Gasteiger partial charge in [0, 0.05) is 4.47 Å². The quantitative estimate of drug-likeness (QED) is 0.808. The highest BCUT2D eigenvalue weighted by Crippen LogP contribution is 2.19. The van der Waals surface area contributed by atoms with E-state index in [0.717, 1.165) is 23.0 Å². The molecule has 6 heteroatoms. The second-order valence-electron chi connectivity index (χ2n) is 4.19. The lowest BCUT2D eigenvalue weighted by atomic mass is 10.1. The number of hydrogen-bond acceptors (Lipinski definition) is 2. The Bertz CT molecular complexity index is 367. The first-order chi connectivity index (χ1) is 8.92. The van der Waals surface area contributed by atoms with Crippen molar-refractivity contribution >= 4 is 15.9 Å². The molecule has 0 aromatic heterocycles. The maximum atomic E-state index is 12.1. The number of halogens is 4. The summed E-state index contributed by atoms with van der Waals surface area (Å²) in [7, 11) is 0. The van der Waals surface area contributed by atoms with Crippen molar-refractivity contribution in [2.45, 2.75) is 25.6 Å². The minimum absolute atomic E-state index is 0.00113. The lowest BCUT2D eigenvalue weighted by molar-refractivity contribution is -0.175. The highest BCUT2D eigenvalue weighted by molar-refractivity contribution is 9.10. The Morgan fingerprint density at radius 2 is 1.89 bits per heavy atom. The highest BCUT2D eigenvalue weighted by atomic mass is 79.9. The van der Waals surface area contributed by atoms with Crippen LogP contribution in [0.25, 0.3) is 0 Å². The smallest absolute Gasteiger partial charge is 0.370 e. The van der Waals surface area contributed by atoms with Crippen molar-refractivity contribution in [1.29, 1.82) is 0 Å². The molecule has 1 aromatic rings. The second-order valence-corrected chi connectivity index (χ2v) is 5.10. The number of hydrogen-bond donors (Lipinski definition) is 1. The summed E-state index contributed by atoms with van der Waals surface area (Å²) in [5.74, 6) is 0. The van der Waals surface area contributed by atoms with Crippen molar-refractivity contribution in [2.24, 2.45) is 0 Å². The van der Waals surface area contributed by atoms with E-state index in [1.165, 1.54) is 0 Å². The van der Waals surface area contributed by atoms with Gasteiger partial charge in [0.2, 0.25) is 0 Å². The van der Waals surface area contributed by atoms with Crippen molar-refractivity contribution in [3.8, 4) is 0 Å². The van der Waals surface area contributed by atoms with Crippen LogP contribution in [0.2, 0.25) is 0 Å². The van der Waals surface area contributed by atoms with Crippen LogP contribution in [0.4, 0.5) is 13.2 Å². The van der Waals surface area contributed by atoms with E-state index >= 15 is 0 Å². The van der Waals surface area contributed by atoms with Gasteiger partial charge in [-0.15, -0.1) is 0 Å². The summed E-state index contributed by atoms with van der Waals surface area (Å²) in [6.45, 7) is 1.52. The summed E-state index contributed by atoms with van der Waals surface area (Å²) in [5, 5.41) is 3.18. The van der Waals surface area contributed by atoms with Gasteiger partial charge in [0.25, 0.3) is 0 Å². The third-order valence-corrected chi connectivity index (χ3v) is 2.99. The molecule has 0 saturated heterocycles. The molecule has 1 atom stereocenters. The molecule has 1 N–H and O–H groups in total. The molecule has 0 amide bonds. The van der Waals surface area contributed by atoms with Gasteiger partial charge in [0.1, 0.15) is 6.61 Å². The van der Waals surface area contributed by atoms with Crippen LogP contribution < -0.4 is 5.32 Å². The van der Waals surface area contributed by atoms with Gasteiger partial charge >= 0.3 is 6.18 Å². The average molecular weight is 340 g/mol. The van der Waals surface area contributed by atoms with E-state index in [-0.39, 0.29) is 12.6 Å². The molecular formula is C13H17BrF3NO. The SMILES string of the molecule is CCCNC(COCC(F)(F)F)c1ccc(Br)cc1. The zero-order chi connectivity index (χ0) is 14.3. The lowest BCUT2D eigenvalue weighted by Crippen LogP contribution is -2.28. The zero-order valence-corrected chi connectivity index (χ0v) is 12.2. The van der Waals surface area contributed by atoms with E-state index in [1.54, 1.807) is 0 Å². The van der Waals surface area contributed by atoms with Crippen LogP contribution in [0.1, 0.15) is 24.9 Å². The summed E-state index contributed by atoms with van der Waals surface area (Å²) < 4.78 is 41.9. The average Bonchev–Trinajstić information content (AvgIpc) is 2.33. The lowest BCUT2D eigenvalue weighted by Gasteiger charge is -2.19. The summed E-state index contributed by atoms with van der Waals surface area (Å²) in [5.41, 5.74) is 0.916. The second kappa shape index (κ2) is 7.87. The standard InChI is InChI=1S/C13H17BrF3NO/c1-2-7-18-12(8-19-9-13(15,16)17)10-3-5-11(14)6-4-10/h3-6,12,18H,2,7-9H2,1H3. The fourth-order valence-electron chi connectivity index (χ4n) is 1.58. The van der Waals surface area contributed by atoms with Gasteiger partial charge in [-0.05, 0) is 30.7 Å². The molecule has 0 radical (unpaired) electrons. The molecule has 1 unspecified atom stereocenters. The van der Waals surface area contributed by atoms with E-state index < -0.39 is 12.8 Å². The van der Waals surface area contributed by atoms with Crippen LogP contribution in [-0.2, 0) is 4.74 Å². The molecule has 0 saturated carbocycles. The van der Waals surface area contributed by atoms with Crippen molar-refractivity contribution < 1.29 is 17.9 Å². The van der Waals surface area contributed by atoms with Crippen LogP contribution in [0.5, 0.6) is 0 Å². The molecule has 0 aliphatic carbocycles. The van der Waals surface area contributed by atoms with Gasteiger partial charge in [-0.25, -0.2) is 0 Å². The van der Waals surface area contributed by atoms with Crippen molar-refractivity contribution in [3.63, 3.8) is 0 Å². The minimum atomic E-state index is -4.28. The Morgan fingerprint density at radius 3 is 2.42 bits per heavy atom. The van der Waals surface area contributed by atoms with Gasteiger partial charge < -0.3 is 10.1 Å². The Morgan fingerprint density at radius 1 is 1.26 bits per heavy atom. The Balaban J connectivity index is 2.58. The fourth-order valence-corrected chi connectivity index (χ4v) is 1.84. The van der Waals surface area contributed by atoms with Gasteiger partial charge in [0.05, 0.1) is 12.6 Å². The molecule has 0 spiro atoms. The highest BCUT2D eigenvalue weighted by Gasteiger charge is 2.28.